The van der Waals surface area contributed by atoms with Crippen molar-refractivity contribution in [2.24, 2.45) is 0 Å². The van der Waals surface area contributed by atoms with Gasteiger partial charge in [0.25, 0.3) is 0 Å². The predicted molar refractivity (Wildman–Crippen MR) is 116 cm³/mol. The smallest absolute Gasteiger partial charge is 0.224 e. The maximum Gasteiger partial charge on any atom is 0.224 e. The van der Waals surface area contributed by atoms with Gasteiger partial charge in [-0.25, -0.2) is 4.52 Å². The van der Waals surface area contributed by atoms with E-state index in [4.69, 9.17) is 9.47 Å². The SMILES string of the molecule is COc1ccc(-c2nc3scc(CCNC(=O)Cc4ccccc4)n3n2)cc1OC. The first-order chi connectivity index (χ1) is 14.7. The van der Waals surface area contributed by atoms with Gasteiger partial charge in [-0.2, -0.15) is 4.98 Å². The zero-order valence-corrected chi connectivity index (χ0v) is 17.6. The second-order valence-electron chi connectivity index (χ2n) is 6.69. The lowest BCUT2D eigenvalue weighted by Gasteiger charge is -2.07. The van der Waals surface area contributed by atoms with Gasteiger partial charge in [0.2, 0.25) is 10.9 Å². The van der Waals surface area contributed by atoms with Gasteiger partial charge in [0, 0.05) is 23.9 Å². The number of aromatic nitrogens is 3. The van der Waals surface area contributed by atoms with Gasteiger partial charge in [-0.1, -0.05) is 30.3 Å². The van der Waals surface area contributed by atoms with E-state index in [0.29, 0.717) is 36.7 Å². The van der Waals surface area contributed by atoms with Crippen molar-refractivity contribution < 1.29 is 14.3 Å². The minimum absolute atomic E-state index is 0.0114. The molecule has 0 fully saturated rings. The van der Waals surface area contributed by atoms with E-state index < -0.39 is 0 Å². The molecule has 2 heterocycles. The molecule has 0 bridgehead atoms. The van der Waals surface area contributed by atoms with Gasteiger partial charge in [0.1, 0.15) is 0 Å². The molecule has 8 heteroatoms. The standard InChI is InChI=1S/C22H22N4O3S/c1-28-18-9-8-16(13-19(18)29-2)21-24-22-26(25-21)17(14-30-22)10-11-23-20(27)12-15-6-4-3-5-7-15/h3-9,13-14H,10-12H2,1-2H3,(H,23,27). The third-order valence-electron chi connectivity index (χ3n) is 4.70. The third kappa shape index (κ3) is 4.28. The summed E-state index contributed by atoms with van der Waals surface area (Å²) in [6.07, 6.45) is 1.06. The summed E-state index contributed by atoms with van der Waals surface area (Å²) >= 11 is 1.53. The number of benzene rings is 2. The van der Waals surface area contributed by atoms with E-state index >= 15 is 0 Å². The highest BCUT2D eigenvalue weighted by molar-refractivity contribution is 7.15. The number of methoxy groups -OCH3 is 2. The number of nitrogens with one attached hydrogen (secondary N) is 1. The first-order valence-corrected chi connectivity index (χ1v) is 10.4. The lowest BCUT2D eigenvalue weighted by Crippen LogP contribution is -2.27. The molecule has 1 N–H and O–H groups in total. The Labute approximate surface area is 178 Å². The minimum Gasteiger partial charge on any atom is -0.493 e. The summed E-state index contributed by atoms with van der Waals surface area (Å²) in [4.78, 5) is 17.6. The van der Waals surface area contributed by atoms with E-state index in [0.717, 1.165) is 21.8 Å². The summed E-state index contributed by atoms with van der Waals surface area (Å²) in [6, 6.07) is 15.3. The second kappa shape index (κ2) is 8.96. The van der Waals surface area contributed by atoms with Gasteiger partial charge in [-0.05, 0) is 23.8 Å². The highest BCUT2D eigenvalue weighted by Gasteiger charge is 2.14. The molecule has 0 saturated carbocycles. The van der Waals surface area contributed by atoms with Gasteiger partial charge in [-0.15, -0.1) is 16.4 Å². The number of rotatable bonds is 8. The molecule has 2 aromatic heterocycles. The summed E-state index contributed by atoms with van der Waals surface area (Å²) in [5.74, 6) is 1.93. The van der Waals surface area contributed by atoms with Crippen LogP contribution in [0.25, 0.3) is 16.3 Å². The molecule has 1 amide bonds. The van der Waals surface area contributed by atoms with E-state index in [9.17, 15) is 4.79 Å². The van der Waals surface area contributed by atoms with E-state index in [-0.39, 0.29) is 5.91 Å². The van der Waals surface area contributed by atoms with E-state index in [2.05, 4.69) is 15.4 Å². The lowest BCUT2D eigenvalue weighted by atomic mass is 10.1. The molecule has 0 aliphatic heterocycles. The summed E-state index contributed by atoms with van der Waals surface area (Å²) in [6.45, 7) is 0.545. The molecule has 0 saturated heterocycles. The highest BCUT2D eigenvalue weighted by Crippen LogP contribution is 2.31. The van der Waals surface area contributed by atoms with Crippen molar-refractivity contribution >= 4 is 22.2 Å². The Hall–Kier alpha value is -3.39. The second-order valence-corrected chi connectivity index (χ2v) is 7.53. The molecule has 0 aliphatic carbocycles. The normalized spacial score (nSPS) is 10.9. The van der Waals surface area contributed by atoms with Crippen LogP contribution in [0, 0.1) is 0 Å². The summed E-state index contributed by atoms with van der Waals surface area (Å²) in [5, 5.41) is 9.65. The molecule has 7 nitrogen and oxygen atoms in total. The number of hydrogen-bond acceptors (Lipinski definition) is 6. The number of nitrogens with zero attached hydrogens (tertiary/aromatic N) is 3. The number of hydrogen-bond donors (Lipinski definition) is 1. The van der Waals surface area contributed by atoms with Gasteiger partial charge in [0.15, 0.2) is 17.3 Å². The molecular formula is C22H22N4O3S. The number of ether oxygens (including phenoxy) is 2. The van der Waals surface area contributed by atoms with Crippen LogP contribution < -0.4 is 14.8 Å². The molecule has 0 aliphatic rings. The number of carbonyl (C=O) groups excluding carboxylic acids is 1. The van der Waals surface area contributed by atoms with Gasteiger partial charge in [0.05, 0.1) is 26.3 Å². The Morgan fingerprint density at radius 1 is 1.10 bits per heavy atom. The van der Waals surface area contributed by atoms with Gasteiger partial charge < -0.3 is 14.8 Å². The summed E-state index contributed by atoms with van der Waals surface area (Å²) in [5.41, 5.74) is 2.86. The summed E-state index contributed by atoms with van der Waals surface area (Å²) in [7, 11) is 3.21. The van der Waals surface area contributed by atoms with Crippen molar-refractivity contribution in [3.63, 3.8) is 0 Å². The summed E-state index contributed by atoms with van der Waals surface area (Å²) < 4.78 is 12.5. The van der Waals surface area contributed by atoms with Gasteiger partial charge >= 0.3 is 0 Å². The topological polar surface area (TPSA) is 77.8 Å². The van der Waals surface area contributed by atoms with Crippen LogP contribution in [0.3, 0.4) is 0 Å². The molecule has 0 radical (unpaired) electrons. The van der Waals surface area contributed by atoms with E-state index in [1.165, 1.54) is 11.3 Å². The first kappa shape index (κ1) is 19.9. The molecule has 0 atom stereocenters. The van der Waals surface area contributed by atoms with Crippen molar-refractivity contribution in [1.29, 1.82) is 0 Å². The fourth-order valence-electron chi connectivity index (χ4n) is 3.17. The Morgan fingerprint density at radius 3 is 2.67 bits per heavy atom. The molecular weight excluding hydrogens is 400 g/mol. The fraction of sp³-hybridized carbons (Fsp3) is 0.227. The molecule has 0 spiro atoms. The lowest BCUT2D eigenvalue weighted by molar-refractivity contribution is -0.120. The van der Waals surface area contributed by atoms with Crippen LogP contribution in [-0.2, 0) is 17.6 Å². The quantitative estimate of drug-likeness (QED) is 0.471. The number of thiazole rings is 1. The molecule has 30 heavy (non-hydrogen) atoms. The van der Waals surface area contributed by atoms with Crippen LogP contribution in [0.2, 0.25) is 0 Å². The fourth-order valence-corrected chi connectivity index (χ4v) is 4.02. The van der Waals surface area contributed by atoms with Gasteiger partial charge in [-0.3, -0.25) is 4.79 Å². The van der Waals surface area contributed by atoms with Crippen LogP contribution >= 0.6 is 11.3 Å². The van der Waals surface area contributed by atoms with Crippen LogP contribution in [0.15, 0.2) is 53.9 Å². The minimum atomic E-state index is 0.0114. The molecule has 0 unspecified atom stereocenters. The highest BCUT2D eigenvalue weighted by atomic mass is 32.1. The zero-order chi connectivity index (χ0) is 20.9. The maximum absolute atomic E-state index is 12.1. The van der Waals surface area contributed by atoms with E-state index in [1.54, 1.807) is 14.2 Å². The molecule has 2 aromatic carbocycles. The van der Waals surface area contributed by atoms with Crippen LogP contribution in [0.5, 0.6) is 11.5 Å². The van der Waals surface area contributed by atoms with Crippen LogP contribution in [0.4, 0.5) is 0 Å². The van der Waals surface area contributed by atoms with Crippen LogP contribution in [-0.4, -0.2) is 41.3 Å². The Bertz CT molecular complexity index is 1150. The molecule has 154 valence electrons. The number of carbonyl (C=O) groups is 1. The van der Waals surface area contributed by atoms with E-state index in [1.807, 2.05) is 58.4 Å². The Morgan fingerprint density at radius 2 is 1.90 bits per heavy atom. The van der Waals surface area contributed by atoms with Crippen LogP contribution in [0.1, 0.15) is 11.3 Å². The zero-order valence-electron chi connectivity index (χ0n) is 16.8. The first-order valence-electron chi connectivity index (χ1n) is 9.54. The molecule has 4 aromatic rings. The predicted octanol–water partition coefficient (Wildman–Crippen LogP) is 3.38. The molecule has 4 rings (SSSR count). The Balaban J connectivity index is 1.43. The van der Waals surface area contributed by atoms with Crippen molar-refractivity contribution in [2.45, 2.75) is 12.8 Å². The third-order valence-corrected chi connectivity index (χ3v) is 5.57. The van der Waals surface area contributed by atoms with Crippen molar-refractivity contribution in [3.8, 4) is 22.9 Å². The largest absolute Gasteiger partial charge is 0.493 e. The Kier molecular flexibility index (Phi) is 5.94. The van der Waals surface area contributed by atoms with Crippen molar-refractivity contribution in [2.75, 3.05) is 20.8 Å². The average molecular weight is 423 g/mol. The average Bonchev–Trinajstić information content (AvgIpc) is 3.35. The monoisotopic (exact) mass is 422 g/mol. The van der Waals surface area contributed by atoms with Crippen molar-refractivity contribution in [1.82, 2.24) is 19.9 Å². The maximum atomic E-state index is 12.1. The number of amides is 1. The number of fused-ring (bicyclic) bond motifs is 1. The van der Waals surface area contributed by atoms with Crippen molar-refractivity contribution in [3.05, 3.63) is 65.2 Å².